The third-order valence-electron chi connectivity index (χ3n) is 5.83. The molecule has 0 bridgehead atoms. The Hall–Kier alpha value is -2.92. The Morgan fingerprint density at radius 3 is 2.23 bits per heavy atom. The lowest BCUT2D eigenvalue weighted by molar-refractivity contribution is 0.0868. The molecule has 1 aliphatic rings. The fourth-order valence-corrected chi connectivity index (χ4v) is 3.96. The molecule has 30 heavy (non-hydrogen) atoms. The van der Waals surface area contributed by atoms with Gasteiger partial charge in [0, 0.05) is 17.8 Å². The molecule has 5 nitrogen and oxygen atoms in total. The summed E-state index contributed by atoms with van der Waals surface area (Å²) < 4.78 is 1.85. The predicted molar refractivity (Wildman–Crippen MR) is 118 cm³/mol. The van der Waals surface area contributed by atoms with Crippen molar-refractivity contribution in [1.29, 1.82) is 0 Å². The first kappa shape index (κ1) is 20.4. The number of rotatable bonds is 5. The second kappa shape index (κ2) is 8.84. The molecule has 0 unspecified atom stereocenters. The molecular weight excluding hydrogens is 374 g/mol. The highest BCUT2D eigenvalue weighted by Crippen LogP contribution is 2.25. The fraction of sp³-hybridized carbons (Fsp3) is 0.360. The maximum Gasteiger partial charge on any atom is 0.255 e. The van der Waals surface area contributed by atoms with Crippen molar-refractivity contribution in [3.8, 4) is 11.3 Å². The van der Waals surface area contributed by atoms with Crippen LogP contribution in [0.5, 0.6) is 0 Å². The Labute approximate surface area is 177 Å². The third-order valence-corrected chi connectivity index (χ3v) is 5.83. The highest BCUT2D eigenvalue weighted by Gasteiger charge is 2.24. The number of benzene rings is 2. The van der Waals surface area contributed by atoms with Crippen LogP contribution in [-0.2, 0) is 6.54 Å². The highest BCUT2D eigenvalue weighted by atomic mass is 16.3. The van der Waals surface area contributed by atoms with Gasteiger partial charge < -0.3 is 10.4 Å². The Balaban J connectivity index is 1.61. The average Bonchev–Trinajstić information content (AvgIpc) is 3.16. The third kappa shape index (κ3) is 4.79. The average molecular weight is 404 g/mol. The Kier molecular flexibility index (Phi) is 6.00. The molecule has 1 saturated carbocycles. The first-order valence-corrected chi connectivity index (χ1v) is 10.7. The van der Waals surface area contributed by atoms with Crippen molar-refractivity contribution in [1.82, 2.24) is 15.1 Å². The number of amides is 1. The van der Waals surface area contributed by atoms with E-state index in [9.17, 15) is 9.90 Å². The van der Waals surface area contributed by atoms with E-state index < -0.39 is 0 Å². The summed E-state index contributed by atoms with van der Waals surface area (Å²) in [7, 11) is 0. The summed E-state index contributed by atoms with van der Waals surface area (Å²) in [5, 5.41) is 17.7. The van der Waals surface area contributed by atoms with Gasteiger partial charge in [-0.2, -0.15) is 5.10 Å². The summed E-state index contributed by atoms with van der Waals surface area (Å²) in [4.78, 5) is 13.1. The number of carbonyl (C=O) groups is 1. The summed E-state index contributed by atoms with van der Waals surface area (Å²) in [5.74, 6) is -0.0953. The SMILES string of the molecule is Cc1ccc(Cn2cc(C(=O)NC3CCC(O)CC3)c(-c3ccc(C)cc3)n2)cc1. The maximum atomic E-state index is 13.1. The molecule has 1 heterocycles. The van der Waals surface area contributed by atoms with Crippen LogP contribution in [-0.4, -0.2) is 32.9 Å². The zero-order valence-corrected chi connectivity index (χ0v) is 17.6. The summed E-state index contributed by atoms with van der Waals surface area (Å²) in [6, 6.07) is 16.6. The lowest BCUT2D eigenvalue weighted by Gasteiger charge is -2.26. The van der Waals surface area contributed by atoms with Crippen molar-refractivity contribution in [3.05, 3.63) is 77.0 Å². The molecule has 3 aromatic rings. The van der Waals surface area contributed by atoms with Crippen LogP contribution in [0.3, 0.4) is 0 Å². The van der Waals surface area contributed by atoms with E-state index in [0.717, 1.165) is 36.8 Å². The minimum atomic E-state index is -0.237. The van der Waals surface area contributed by atoms with Gasteiger partial charge in [0.2, 0.25) is 0 Å². The lowest BCUT2D eigenvalue weighted by atomic mass is 9.93. The van der Waals surface area contributed by atoms with E-state index in [1.165, 1.54) is 11.1 Å². The van der Waals surface area contributed by atoms with E-state index in [1.807, 2.05) is 42.1 Å². The molecule has 5 heteroatoms. The van der Waals surface area contributed by atoms with Gasteiger partial charge in [0.25, 0.3) is 5.91 Å². The van der Waals surface area contributed by atoms with Gasteiger partial charge in [0.1, 0.15) is 5.69 Å². The van der Waals surface area contributed by atoms with Crippen molar-refractivity contribution in [2.45, 2.75) is 58.2 Å². The monoisotopic (exact) mass is 403 g/mol. The zero-order valence-electron chi connectivity index (χ0n) is 17.6. The van der Waals surface area contributed by atoms with E-state index in [-0.39, 0.29) is 18.1 Å². The van der Waals surface area contributed by atoms with E-state index in [2.05, 4.69) is 36.5 Å². The summed E-state index contributed by atoms with van der Waals surface area (Å²) in [6.07, 6.45) is 4.71. The van der Waals surface area contributed by atoms with Crippen molar-refractivity contribution in [2.24, 2.45) is 0 Å². The number of aromatic nitrogens is 2. The molecule has 1 aliphatic carbocycles. The van der Waals surface area contributed by atoms with Crippen molar-refractivity contribution in [3.63, 3.8) is 0 Å². The number of nitrogens with one attached hydrogen (secondary N) is 1. The minimum Gasteiger partial charge on any atom is -0.393 e. The van der Waals surface area contributed by atoms with Gasteiger partial charge in [-0.15, -0.1) is 0 Å². The van der Waals surface area contributed by atoms with E-state index >= 15 is 0 Å². The van der Waals surface area contributed by atoms with Crippen LogP contribution < -0.4 is 5.32 Å². The summed E-state index contributed by atoms with van der Waals surface area (Å²) >= 11 is 0. The number of nitrogens with zero attached hydrogens (tertiary/aromatic N) is 2. The number of hydrogen-bond acceptors (Lipinski definition) is 3. The van der Waals surface area contributed by atoms with Gasteiger partial charge in [0.15, 0.2) is 0 Å². The number of aryl methyl sites for hydroxylation is 2. The quantitative estimate of drug-likeness (QED) is 0.669. The second-order valence-corrected chi connectivity index (χ2v) is 8.42. The van der Waals surface area contributed by atoms with Gasteiger partial charge >= 0.3 is 0 Å². The normalized spacial score (nSPS) is 18.9. The van der Waals surface area contributed by atoms with Crippen molar-refractivity contribution >= 4 is 5.91 Å². The molecule has 0 spiro atoms. The van der Waals surface area contributed by atoms with Crippen LogP contribution in [0, 0.1) is 13.8 Å². The lowest BCUT2D eigenvalue weighted by Crippen LogP contribution is -2.38. The molecule has 4 rings (SSSR count). The number of aliphatic hydroxyl groups excluding tert-OH is 1. The van der Waals surface area contributed by atoms with Gasteiger partial charge in [0.05, 0.1) is 18.2 Å². The standard InChI is InChI=1S/C25H29N3O2/c1-17-3-7-19(8-4-17)15-28-16-23(24(27-28)20-9-5-18(2)6-10-20)25(30)26-21-11-13-22(29)14-12-21/h3-10,16,21-22,29H,11-15H2,1-2H3,(H,26,30). The smallest absolute Gasteiger partial charge is 0.255 e. The molecule has 2 N–H and O–H groups in total. The number of carbonyl (C=O) groups excluding carboxylic acids is 1. The van der Waals surface area contributed by atoms with Gasteiger partial charge in [-0.05, 0) is 45.1 Å². The summed E-state index contributed by atoms with van der Waals surface area (Å²) in [6.45, 7) is 4.73. The molecule has 1 amide bonds. The molecule has 1 fully saturated rings. The van der Waals surface area contributed by atoms with Crippen LogP contribution in [0.15, 0.2) is 54.7 Å². The van der Waals surface area contributed by atoms with E-state index in [0.29, 0.717) is 17.8 Å². The van der Waals surface area contributed by atoms with Crippen molar-refractivity contribution in [2.75, 3.05) is 0 Å². The van der Waals surface area contributed by atoms with Crippen LogP contribution in [0.4, 0.5) is 0 Å². The number of aliphatic hydroxyl groups is 1. The molecule has 0 radical (unpaired) electrons. The zero-order chi connectivity index (χ0) is 21.1. The first-order chi connectivity index (χ1) is 14.5. The van der Waals surface area contributed by atoms with Gasteiger partial charge in [-0.3, -0.25) is 9.48 Å². The largest absolute Gasteiger partial charge is 0.393 e. The molecule has 0 saturated heterocycles. The van der Waals surface area contributed by atoms with Crippen LogP contribution in [0.25, 0.3) is 11.3 Å². The Morgan fingerprint density at radius 2 is 1.60 bits per heavy atom. The maximum absolute atomic E-state index is 13.1. The first-order valence-electron chi connectivity index (χ1n) is 10.7. The highest BCUT2D eigenvalue weighted by molar-refractivity contribution is 6.00. The molecule has 0 aliphatic heterocycles. The second-order valence-electron chi connectivity index (χ2n) is 8.42. The number of hydrogen-bond donors (Lipinski definition) is 2. The molecule has 0 atom stereocenters. The summed E-state index contributed by atoms with van der Waals surface area (Å²) in [5.41, 5.74) is 5.77. The fourth-order valence-electron chi connectivity index (χ4n) is 3.96. The van der Waals surface area contributed by atoms with Gasteiger partial charge in [-0.1, -0.05) is 59.7 Å². The topological polar surface area (TPSA) is 67.2 Å². The van der Waals surface area contributed by atoms with Crippen molar-refractivity contribution < 1.29 is 9.90 Å². The van der Waals surface area contributed by atoms with E-state index in [1.54, 1.807) is 0 Å². The predicted octanol–water partition coefficient (Wildman–Crippen LogP) is 4.25. The Morgan fingerprint density at radius 1 is 1.00 bits per heavy atom. The molecule has 2 aromatic carbocycles. The van der Waals surface area contributed by atoms with E-state index in [4.69, 9.17) is 5.10 Å². The van der Waals surface area contributed by atoms with Crippen LogP contribution in [0.1, 0.15) is 52.7 Å². The molecule has 1 aromatic heterocycles. The molecule has 156 valence electrons. The van der Waals surface area contributed by atoms with Gasteiger partial charge in [-0.25, -0.2) is 0 Å². The van der Waals surface area contributed by atoms with Crippen LogP contribution in [0.2, 0.25) is 0 Å². The van der Waals surface area contributed by atoms with Crippen LogP contribution >= 0.6 is 0 Å². The molecular formula is C25H29N3O2. The minimum absolute atomic E-state index is 0.0953. The Bertz CT molecular complexity index is 998.